The minimum atomic E-state index is -0.616. The summed E-state index contributed by atoms with van der Waals surface area (Å²) in [6.45, 7) is 0. The maximum absolute atomic E-state index is 13.4. The van der Waals surface area contributed by atoms with Gasteiger partial charge in [0.25, 0.3) is 0 Å². The normalized spacial score (nSPS) is 12.5. The first-order chi connectivity index (χ1) is 15.6. The lowest BCUT2D eigenvalue weighted by Gasteiger charge is -2.20. The third-order valence-electron chi connectivity index (χ3n) is 5.68. The molecule has 2 aromatic carbocycles. The van der Waals surface area contributed by atoms with Crippen LogP contribution in [0, 0.1) is 17.1 Å². The number of hydrogen-bond donors (Lipinski definition) is 1. The van der Waals surface area contributed by atoms with Crippen molar-refractivity contribution in [3.05, 3.63) is 82.0 Å². The SMILES string of the molecule is N#Cc1c2c3c(oc(=O)c2c(N)n2nc(-c4ccc(F)cc4)cc12)-c1ccccc1SC3. The Morgan fingerprint density at radius 3 is 2.72 bits per heavy atom. The largest absolute Gasteiger partial charge is 0.422 e. The average Bonchev–Trinajstić information content (AvgIpc) is 3.25. The lowest BCUT2D eigenvalue weighted by atomic mass is 9.98. The smallest absolute Gasteiger partial charge is 0.348 e. The third-order valence-corrected chi connectivity index (χ3v) is 6.78. The summed E-state index contributed by atoms with van der Waals surface area (Å²) in [4.78, 5) is 14.1. The highest BCUT2D eigenvalue weighted by Crippen LogP contribution is 2.45. The van der Waals surface area contributed by atoms with Crippen LogP contribution in [0.4, 0.5) is 10.2 Å². The van der Waals surface area contributed by atoms with Crippen LogP contribution in [0.5, 0.6) is 0 Å². The van der Waals surface area contributed by atoms with Gasteiger partial charge in [0, 0.05) is 32.7 Å². The Balaban J connectivity index is 1.74. The quantitative estimate of drug-likeness (QED) is 0.395. The molecular weight excluding hydrogens is 427 g/mol. The molecule has 6 rings (SSSR count). The Morgan fingerprint density at radius 1 is 1.16 bits per heavy atom. The van der Waals surface area contributed by atoms with Crippen LogP contribution in [0.15, 0.2) is 68.7 Å². The van der Waals surface area contributed by atoms with Crippen molar-refractivity contribution in [1.82, 2.24) is 9.61 Å². The molecule has 6 nitrogen and oxygen atoms in total. The Bertz CT molecular complexity index is 1680. The fraction of sp³-hybridized carbons (Fsp3) is 0.0417. The highest BCUT2D eigenvalue weighted by Gasteiger charge is 2.28. The standard InChI is InChI=1S/C24H13FN4O2S/c25-13-7-5-12(6-8-13)17-9-18-15(10-26)20-16-11-32-19-4-2-1-3-14(19)22(16)31-24(30)21(20)23(27)29(18)28-17/h1-9H,11,27H2. The van der Waals surface area contributed by atoms with Gasteiger partial charge in [-0.05, 0) is 36.4 Å². The predicted octanol–water partition coefficient (Wildman–Crippen LogP) is 4.97. The second kappa shape index (κ2) is 6.70. The number of anilines is 1. The molecule has 1 aliphatic heterocycles. The van der Waals surface area contributed by atoms with E-state index in [4.69, 9.17) is 10.2 Å². The Morgan fingerprint density at radius 2 is 1.94 bits per heavy atom. The van der Waals surface area contributed by atoms with E-state index in [2.05, 4.69) is 11.2 Å². The van der Waals surface area contributed by atoms with Crippen LogP contribution in [-0.4, -0.2) is 9.61 Å². The molecule has 0 aliphatic carbocycles. The number of aromatic nitrogens is 2. The van der Waals surface area contributed by atoms with Crippen LogP contribution in [0.25, 0.3) is 38.9 Å². The molecule has 2 N–H and O–H groups in total. The summed E-state index contributed by atoms with van der Waals surface area (Å²) >= 11 is 1.62. The van der Waals surface area contributed by atoms with Gasteiger partial charge in [-0.3, -0.25) is 0 Å². The number of fused-ring (bicyclic) bond motifs is 6. The first-order valence-corrected chi connectivity index (χ1v) is 10.7. The molecule has 0 unspecified atom stereocenters. The fourth-order valence-electron chi connectivity index (χ4n) is 4.22. The number of halogens is 1. The van der Waals surface area contributed by atoms with Crippen molar-refractivity contribution in [3.63, 3.8) is 0 Å². The number of thioether (sulfide) groups is 1. The van der Waals surface area contributed by atoms with Crippen molar-refractivity contribution >= 4 is 33.9 Å². The molecule has 5 aromatic rings. The van der Waals surface area contributed by atoms with Gasteiger partial charge >= 0.3 is 5.63 Å². The molecule has 0 saturated carbocycles. The van der Waals surface area contributed by atoms with Crippen LogP contribution >= 0.6 is 11.8 Å². The summed E-state index contributed by atoms with van der Waals surface area (Å²) in [6, 6.07) is 17.5. The molecule has 0 amide bonds. The first-order valence-electron chi connectivity index (χ1n) is 9.76. The topological polar surface area (TPSA) is 97.3 Å². The van der Waals surface area contributed by atoms with Gasteiger partial charge in [0.2, 0.25) is 0 Å². The number of nitrogens with zero attached hydrogens (tertiary/aromatic N) is 3. The van der Waals surface area contributed by atoms with Crippen LogP contribution in [0.1, 0.15) is 11.1 Å². The Labute approximate surface area is 184 Å². The van der Waals surface area contributed by atoms with Gasteiger partial charge in [0.05, 0.1) is 16.8 Å². The van der Waals surface area contributed by atoms with Gasteiger partial charge in [-0.1, -0.05) is 18.2 Å². The maximum Gasteiger partial charge on any atom is 0.348 e. The van der Waals surface area contributed by atoms with Crippen molar-refractivity contribution in [2.24, 2.45) is 0 Å². The van der Waals surface area contributed by atoms with Crippen LogP contribution < -0.4 is 11.4 Å². The number of pyridine rings is 1. The van der Waals surface area contributed by atoms with E-state index >= 15 is 0 Å². The summed E-state index contributed by atoms with van der Waals surface area (Å²) < 4.78 is 20.5. The molecule has 32 heavy (non-hydrogen) atoms. The second-order valence-corrected chi connectivity index (χ2v) is 8.45. The minimum absolute atomic E-state index is 0.0998. The molecule has 1 aliphatic rings. The Hall–Kier alpha value is -4.09. The zero-order chi connectivity index (χ0) is 22.0. The van der Waals surface area contributed by atoms with E-state index in [1.807, 2.05) is 24.3 Å². The molecule has 8 heteroatoms. The third kappa shape index (κ3) is 2.52. The van der Waals surface area contributed by atoms with E-state index in [9.17, 15) is 14.4 Å². The maximum atomic E-state index is 13.4. The number of rotatable bonds is 1. The lowest BCUT2D eigenvalue weighted by molar-refractivity contribution is 0.529. The van der Waals surface area contributed by atoms with Gasteiger partial charge in [-0.15, -0.1) is 11.8 Å². The highest BCUT2D eigenvalue weighted by molar-refractivity contribution is 7.98. The van der Waals surface area contributed by atoms with E-state index < -0.39 is 5.63 Å². The highest BCUT2D eigenvalue weighted by atomic mass is 32.2. The number of nitriles is 1. The lowest BCUT2D eigenvalue weighted by Crippen LogP contribution is -2.13. The molecule has 154 valence electrons. The predicted molar refractivity (Wildman–Crippen MR) is 121 cm³/mol. The van der Waals surface area contributed by atoms with Crippen molar-refractivity contribution < 1.29 is 8.81 Å². The van der Waals surface area contributed by atoms with Gasteiger partial charge in [0.15, 0.2) is 0 Å². The Kier molecular flexibility index (Phi) is 3.91. The molecule has 4 heterocycles. The molecule has 0 radical (unpaired) electrons. The second-order valence-electron chi connectivity index (χ2n) is 7.44. The summed E-state index contributed by atoms with van der Waals surface area (Å²) in [6.07, 6.45) is 0. The number of hydrogen-bond acceptors (Lipinski definition) is 6. The zero-order valence-electron chi connectivity index (χ0n) is 16.4. The number of nitrogen functional groups attached to an aromatic ring is 1. The average molecular weight is 440 g/mol. The molecule has 0 saturated heterocycles. The molecular formula is C24H13FN4O2S. The van der Waals surface area contributed by atoms with Crippen molar-refractivity contribution in [1.29, 1.82) is 5.26 Å². The summed E-state index contributed by atoms with van der Waals surface area (Å²) in [7, 11) is 0. The van der Waals surface area contributed by atoms with Crippen LogP contribution in [-0.2, 0) is 5.75 Å². The van der Waals surface area contributed by atoms with Crippen molar-refractivity contribution in [3.8, 4) is 28.7 Å². The molecule has 3 aromatic heterocycles. The molecule has 0 atom stereocenters. The van der Waals surface area contributed by atoms with E-state index in [1.54, 1.807) is 30.0 Å². The number of benzene rings is 2. The summed E-state index contributed by atoms with van der Waals surface area (Å²) in [5.41, 5.74) is 9.32. The molecule has 0 bridgehead atoms. The number of nitrogens with two attached hydrogens (primary N) is 1. The van der Waals surface area contributed by atoms with E-state index in [-0.39, 0.29) is 17.0 Å². The van der Waals surface area contributed by atoms with E-state index in [0.717, 1.165) is 16.0 Å². The van der Waals surface area contributed by atoms with Gasteiger partial charge in [-0.25, -0.2) is 13.7 Å². The molecule has 0 spiro atoms. The summed E-state index contributed by atoms with van der Waals surface area (Å²) in [5.74, 6) is 0.747. The minimum Gasteiger partial charge on any atom is -0.422 e. The van der Waals surface area contributed by atoms with Crippen LogP contribution in [0.2, 0.25) is 0 Å². The van der Waals surface area contributed by atoms with E-state index in [0.29, 0.717) is 39.2 Å². The zero-order valence-corrected chi connectivity index (χ0v) is 17.2. The molecule has 0 fully saturated rings. The van der Waals surface area contributed by atoms with Gasteiger partial charge in [-0.2, -0.15) is 10.4 Å². The monoisotopic (exact) mass is 440 g/mol. The summed E-state index contributed by atoms with van der Waals surface area (Å²) in [5, 5.41) is 15.2. The van der Waals surface area contributed by atoms with Crippen molar-refractivity contribution in [2.45, 2.75) is 10.6 Å². The van der Waals surface area contributed by atoms with E-state index in [1.165, 1.54) is 16.6 Å². The first kappa shape index (κ1) is 18.7. The van der Waals surface area contributed by atoms with Gasteiger partial charge < -0.3 is 10.2 Å². The fourth-order valence-corrected chi connectivity index (χ4v) is 5.28. The van der Waals surface area contributed by atoms with Crippen molar-refractivity contribution in [2.75, 3.05) is 5.73 Å². The van der Waals surface area contributed by atoms with Crippen LogP contribution in [0.3, 0.4) is 0 Å². The van der Waals surface area contributed by atoms with Gasteiger partial charge in [0.1, 0.15) is 28.9 Å².